The van der Waals surface area contributed by atoms with Crippen molar-refractivity contribution in [2.24, 2.45) is 5.73 Å². The van der Waals surface area contributed by atoms with E-state index >= 15 is 0 Å². The van der Waals surface area contributed by atoms with Crippen LogP contribution in [0.25, 0.3) is 0 Å². The van der Waals surface area contributed by atoms with Gasteiger partial charge in [0, 0.05) is 6.04 Å². The summed E-state index contributed by atoms with van der Waals surface area (Å²) in [6.45, 7) is 8.35. The maximum atomic E-state index is 6.09. The van der Waals surface area contributed by atoms with E-state index in [1.54, 1.807) is 0 Å². The lowest BCUT2D eigenvalue weighted by Crippen LogP contribution is -2.05. The Morgan fingerprint density at radius 3 is 2.75 bits per heavy atom. The molecule has 0 aliphatic heterocycles. The molecular weight excluding hydrogens is 222 g/mol. The number of benzene rings is 1. The minimum Gasteiger partial charge on any atom is -0.488 e. The second-order valence-electron chi connectivity index (χ2n) is 3.87. The van der Waals surface area contributed by atoms with Gasteiger partial charge >= 0.3 is 0 Å². The molecule has 1 aromatic carbocycles. The molecule has 0 unspecified atom stereocenters. The Balaban J connectivity index is 2.72. The monoisotopic (exact) mass is 239 g/mol. The van der Waals surface area contributed by atoms with Crippen LogP contribution >= 0.6 is 11.6 Å². The van der Waals surface area contributed by atoms with Crippen molar-refractivity contribution >= 4 is 11.6 Å². The number of hydrogen-bond acceptors (Lipinski definition) is 2. The van der Waals surface area contributed by atoms with Crippen LogP contribution in [0.2, 0.25) is 5.02 Å². The summed E-state index contributed by atoms with van der Waals surface area (Å²) < 4.78 is 5.55. The molecule has 0 heterocycles. The Morgan fingerprint density at radius 1 is 1.56 bits per heavy atom. The maximum Gasteiger partial charge on any atom is 0.138 e. The minimum atomic E-state index is -0.0165. The van der Waals surface area contributed by atoms with Crippen molar-refractivity contribution in [3.63, 3.8) is 0 Å². The Bertz CT molecular complexity index is 374. The molecule has 0 aliphatic carbocycles. The molecule has 3 heteroatoms. The summed E-state index contributed by atoms with van der Waals surface area (Å²) >= 11 is 6.09. The van der Waals surface area contributed by atoms with Gasteiger partial charge in [0.1, 0.15) is 12.4 Å². The Labute approximate surface area is 102 Å². The van der Waals surface area contributed by atoms with Crippen molar-refractivity contribution in [2.75, 3.05) is 6.61 Å². The van der Waals surface area contributed by atoms with E-state index in [0.29, 0.717) is 17.4 Å². The first-order valence-electron chi connectivity index (χ1n) is 5.39. The zero-order valence-electron chi connectivity index (χ0n) is 9.79. The second-order valence-corrected chi connectivity index (χ2v) is 4.28. The van der Waals surface area contributed by atoms with Crippen LogP contribution in [0.15, 0.2) is 30.4 Å². The van der Waals surface area contributed by atoms with Gasteiger partial charge in [-0.1, -0.05) is 31.2 Å². The molecule has 2 nitrogen and oxygen atoms in total. The summed E-state index contributed by atoms with van der Waals surface area (Å²) in [5.41, 5.74) is 7.82. The molecule has 1 atom stereocenters. The van der Waals surface area contributed by atoms with Crippen LogP contribution in [0.5, 0.6) is 5.75 Å². The average Bonchev–Trinajstić information content (AvgIpc) is 2.26. The van der Waals surface area contributed by atoms with E-state index in [-0.39, 0.29) is 6.04 Å². The molecule has 2 N–H and O–H groups in total. The summed E-state index contributed by atoms with van der Waals surface area (Å²) in [7, 11) is 0. The Hall–Kier alpha value is -0.990. The molecule has 0 aromatic heterocycles. The molecule has 0 saturated heterocycles. The summed E-state index contributed by atoms with van der Waals surface area (Å²) in [5.74, 6) is 0.681. The van der Waals surface area contributed by atoms with Crippen LogP contribution < -0.4 is 10.5 Å². The second kappa shape index (κ2) is 5.92. The molecule has 0 radical (unpaired) electrons. The van der Waals surface area contributed by atoms with Crippen LogP contribution in [0, 0.1) is 0 Å². The lowest BCUT2D eigenvalue weighted by atomic mass is 10.1. The van der Waals surface area contributed by atoms with Gasteiger partial charge in [-0.2, -0.15) is 0 Å². The number of rotatable bonds is 5. The van der Waals surface area contributed by atoms with E-state index < -0.39 is 0 Å². The molecule has 1 aromatic rings. The molecule has 0 saturated carbocycles. The molecule has 0 fully saturated rings. The minimum absolute atomic E-state index is 0.0165. The molecule has 0 bridgehead atoms. The van der Waals surface area contributed by atoms with Gasteiger partial charge in [0.2, 0.25) is 0 Å². The van der Waals surface area contributed by atoms with Crippen molar-refractivity contribution in [3.05, 3.63) is 40.9 Å². The molecule has 88 valence electrons. The van der Waals surface area contributed by atoms with E-state index in [1.165, 1.54) is 0 Å². The van der Waals surface area contributed by atoms with Crippen molar-refractivity contribution in [2.45, 2.75) is 26.3 Å². The van der Waals surface area contributed by atoms with Crippen molar-refractivity contribution in [1.29, 1.82) is 0 Å². The summed E-state index contributed by atoms with van der Waals surface area (Å²) in [5, 5.41) is 0.596. The summed E-state index contributed by atoms with van der Waals surface area (Å²) in [6, 6.07) is 5.61. The lowest BCUT2D eigenvalue weighted by Gasteiger charge is -2.11. The van der Waals surface area contributed by atoms with Crippen LogP contribution in [0.3, 0.4) is 0 Å². The molecule has 1 rings (SSSR count). The highest BCUT2D eigenvalue weighted by Gasteiger charge is 2.06. The van der Waals surface area contributed by atoms with Crippen LogP contribution in [-0.2, 0) is 0 Å². The van der Waals surface area contributed by atoms with Gasteiger partial charge in [0.05, 0.1) is 5.02 Å². The average molecular weight is 240 g/mol. The normalized spacial score (nSPS) is 12.2. The highest BCUT2D eigenvalue weighted by molar-refractivity contribution is 6.32. The SMILES string of the molecule is C=C(CC)COc1ccc([C@H](C)N)cc1Cl. The molecular formula is C13H18ClNO. The number of nitrogens with two attached hydrogens (primary N) is 1. The van der Waals surface area contributed by atoms with Gasteiger partial charge in [-0.3, -0.25) is 0 Å². The standard InChI is InChI=1S/C13H18ClNO/c1-4-9(2)8-16-13-6-5-11(10(3)15)7-12(13)14/h5-7,10H,2,4,8,15H2,1,3H3/t10-/m0/s1. The first-order valence-corrected chi connectivity index (χ1v) is 5.76. The topological polar surface area (TPSA) is 35.2 Å². The van der Waals surface area contributed by atoms with Crippen molar-refractivity contribution in [1.82, 2.24) is 0 Å². The van der Waals surface area contributed by atoms with Gasteiger partial charge in [-0.25, -0.2) is 0 Å². The number of hydrogen-bond donors (Lipinski definition) is 1. The summed E-state index contributed by atoms with van der Waals surface area (Å²) in [6.07, 6.45) is 0.912. The van der Waals surface area contributed by atoms with Crippen LogP contribution in [-0.4, -0.2) is 6.61 Å². The number of ether oxygens (including phenoxy) is 1. The molecule has 0 amide bonds. The summed E-state index contributed by atoms with van der Waals surface area (Å²) in [4.78, 5) is 0. The lowest BCUT2D eigenvalue weighted by molar-refractivity contribution is 0.349. The van der Waals surface area contributed by atoms with E-state index in [4.69, 9.17) is 22.1 Å². The highest BCUT2D eigenvalue weighted by Crippen LogP contribution is 2.27. The fourth-order valence-electron chi connectivity index (χ4n) is 1.20. The maximum absolute atomic E-state index is 6.09. The zero-order valence-corrected chi connectivity index (χ0v) is 10.6. The first kappa shape index (κ1) is 13.1. The van der Waals surface area contributed by atoms with Gasteiger partial charge in [0.15, 0.2) is 0 Å². The highest BCUT2D eigenvalue weighted by atomic mass is 35.5. The molecule has 16 heavy (non-hydrogen) atoms. The zero-order chi connectivity index (χ0) is 12.1. The van der Waals surface area contributed by atoms with Crippen LogP contribution in [0.4, 0.5) is 0 Å². The predicted octanol–water partition coefficient (Wildman–Crippen LogP) is 3.70. The van der Waals surface area contributed by atoms with Crippen molar-refractivity contribution in [3.8, 4) is 5.75 Å². The van der Waals surface area contributed by atoms with Gasteiger partial charge < -0.3 is 10.5 Å². The predicted molar refractivity (Wildman–Crippen MR) is 69.0 cm³/mol. The van der Waals surface area contributed by atoms with Gasteiger partial charge in [-0.15, -0.1) is 0 Å². The molecule has 0 aliphatic rings. The van der Waals surface area contributed by atoms with E-state index in [0.717, 1.165) is 17.6 Å². The third kappa shape index (κ3) is 3.54. The smallest absolute Gasteiger partial charge is 0.138 e. The number of halogens is 1. The Kier molecular flexibility index (Phi) is 4.84. The van der Waals surface area contributed by atoms with E-state index in [9.17, 15) is 0 Å². The quantitative estimate of drug-likeness (QED) is 0.796. The van der Waals surface area contributed by atoms with Crippen molar-refractivity contribution < 1.29 is 4.74 Å². The third-order valence-electron chi connectivity index (χ3n) is 2.41. The van der Waals surface area contributed by atoms with Crippen LogP contribution in [0.1, 0.15) is 31.9 Å². The molecule has 0 spiro atoms. The first-order chi connectivity index (χ1) is 7.54. The van der Waals surface area contributed by atoms with E-state index in [1.807, 2.05) is 32.0 Å². The fraction of sp³-hybridized carbons (Fsp3) is 0.385. The van der Waals surface area contributed by atoms with Gasteiger partial charge in [0.25, 0.3) is 0 Å². The fourth-order valence-corrected chi connectivity index (χ4v) is 1.44. The van der Waals surface area contributed by atoms with E-state index in [2.05, 4.69) is 6.58 Å². The largest absolute Gasteiger partial charge is 0.488 e. The third-order valence-corrected chi connectivity index (χ3v) is 2.71. The van der Waals surface area contributed by atoms with Gasteiger partial charge in [-0.05, 0) is 36.6 Å². The Morgan fingerprint density at radius 2 is 2.25 bits per heavy atom.